The summed E-state index contributed by atoms with van der Waals surface area (Å²) >= 11 is 3.42. The predicted octanol–water partition coefficient (Wildman–Crippen LogP) is 4.65. The fourth-order valence-corrected chi connectivity index (χ4v) is 4.18. The van der Waals surface area contributed by atoms with Gasteiger partial charge in [-0.1, -0.05) is 64.5 Å². The van der Waals surface area contributed by atoms with Crippen molar-refractivity contribution in [3.8, 4) is 11.5 Å². The summed E-state index contributed by atoms with van der Waals surface area (Å²) < 4.78 is 6.54. The van der Waals surface area contributed by atoms with Crippen LogP contribution in [0.25, 0.3) is 0 Å². The van der Waals surface area contributed by atoms with Gasteiger partial charge in [-0.15, -0.1) is 0 Å². The lowest BCUT2D eigenvalue weighted by atomic mass is 9.92. The molecule has 162 valence electrons. The van der Waals surface area contributed by atoms with E-state index >= 15 is 0 Å². The molecule has 3 aromatic rings. The van der Waals surface area contributed by atoms with Gasteiger partial charge in [-0.05, 0) is 37.3 Å². The molecule has 1 saturated heterocycles. The Hall–Kier alpha value is -3.65. The van der Waals surface area contributed by atoms with E-state index in [-0.39, 0.29) is 0 Å². The van der Waals surface area contributed by atoms with E-state index in [4.69, 9.17) is 4.74 Å². The summed E-state index contributed by atoms with van der Waals surface area (Å²) in [7, 11) is 0. The van der Waals surface area contributed by atoms with Crippen LogP contribution < -0.4 is 15.4 Å². The van der Waals surface area contributed by atoms with Crippen molar-refractivity contribution in [1.29, 1.82) is 0 Å². The van der Waals surface area contributed by atoms with Gasteiger partial charge in [0.2, 0.25) is 5.91 Å². The van der Waals surface area contributed by atoms with Crippen LogP contribution in [0.5, 0.6) is 11.5 Å². The normalized spacial score (nSPS) is 17.8. The Morgan fingerprint density at radius 3 is 2.41 bits per heavy atom. The molecule has 2 N–H and O–H groups in total. The molecule has 4 rings (SSSR count). The van der Waals surface area contributed by atoms with Crippen LogP contribution in [-0.4, -0.2) is 29.3 Å². The molecule has 8 heteroatoms. The van der Waals surface area contributed by atoms with E-state index in [1.54, 1.807) is 61.5 Å². The zero-order chi connectivity index (χ0) is 22.7. The zero-order valence-electron chi connectivity index (χ0n) is 17.2. The average Bonchev–Trinajstić information content (AvgIpc) is 3.00. The minimum Gasteiger partial charge on any atom is -0.455 e. The Bertz CT molecular complexity index is 1180. The molecule has 1 aliphatic heterocycles. The van der Waals surface area contributed by atoms with Crippen LogP contribution >= 0.6 is 15.9 Å². The number of nitrogens with zero attached hydrogens (tertiary/aromatic N) is 1. The van der Waals surface area contributed by atoms with E-state index in [2.05, 4.69) is 26.6 Å². The molecule has 0 radical (unpaired) electrons. The topological polar surface area (TPSA) is 87.7 Å². The third-order valence-corrected chi connectivity index (χ3v) is 5.81. The number of benzene rings is 3. The molecule has 0 spiro atoms. The lowest BCUT2D eigenvalue weighted by Crippen LogP contribution is -2.42. The highest BCUT2D eigenvalue weighted by Gasteiger charge is 2.50. The molecule has 0 bridgehead atoms. The Morgan fingerprint density at radius 1 is 1.00 bits per heavy atom. The van der Waals surface area contributed by atoms with Gasteiger partial charge in [0.25, 0.3) is 5.91 Å². The summed E-state index contributed by atoms with van der Waals surface area (Å²) in [5, 5.41) is 5.43. The summed E-state index contributed by atoms with van der Waals surface area (Å²) in [6, 6.07) is 22.6. The van der Waals surface area contributed by atoms with Gasteiger partial charge in [0.05, 0.1) is 5.69 Å². The number of halogens is 1. The number of rotatable bonds is 6. The van der Waals surface area contributed by atoms with E-state index in [1.165, 1.54) is 0 Å². The van der Waals surface area contributed by atoms with Crippen molar-refractivity contribution in [3.63, 3.8) is 0 Å². The molecule has 3 aromatic carbocycles. The van der Waals surface area contributed by atoms with Gasteiger partial charge >= 0.3 is 6.03 Å². The second-order valence-corrected chi connectivity index (χ2v) is 8.24. The summed E-state index contributed by atoms with van der Waals surface area (Å²) in [6.07, 6.45) is 0. The zero-order valence-corrected chi connectivity index (χ0v) is 18.8. The van der Waals surface area contributed by atoms with Crippen LogP contribution in [0.3, 0.4) is 0 Å². The van der Waals surface area contributed by atoms with Crippen LogP contribution in [0, 0.1) is 0 Å². The first-order valence-corrected chi connectivity index (χ1v) is 10.7. The standard InChI is InChI=1S/C24H20BrN3O4/c1-24(17-11-5-6-12-18(17)25)22(30)28(23(31)27-24)15-21(29)26-19-13-7-8-14-20(19)32-16-9-3-2-4-10-16/h2-14H,15H2,1H3,(H,26,29)(H,27,31)/t24-/m0/s1. The molecule has 0 aliphatic carbocycles. The number of hydrogen-bond acceptors (Lipinski definition) is 4. The van der Waals surface area contributed by atoms with Crippen LogP contribution in [0.15, 0.2) is 83.3 Å². The fourth-order valence-electron chi connectivity index (χ4n) is 3.50. The number of hydrogen-bond donors (Lipinski definition) is 2. The summed E-state index contributed by atoms with van der Waals surface area (Å²) in [5.74, 6) is 0.0437. The Morgan fingerprint density at radius 2 is 1.66 bits per heavy atom. The van der Waals surface area contributed by atoms with Crippen molar-refractivity contribution in [2.75, 3.05) is 11.9 Å². The molecule has 1 aliphatic rings. The number of urea groups is 1. The van der Waals surface area contributed by atoms with Gasteiger partial charge in [0.15, 0.2) is 5.75 Å². The van der Waals surface area contributed by atoms with E-state index < -0.39 is 29.9 Å². The third-order valence-electron chi connectivity index (χ3n) is 5.12. The fraction of sp³-hybridized carbons (Fsp3) is 0.125. The lowest BCUT2D eigenvalue weighted by molar-refractivity contribution is -0.133. The first-order chi connectivity index (χ1) is 15.4. The summed E-state index contributed by atoms with van der Waals surface area (Å²) in [6.45, 7) is 1.19. The van der Waals surface area contributed by atoms with E-state index in [0.29, 0.717) is 27.2 Å². The number of nitrogens with one attached hydrogen (secondary N) is 2. The summed E-state index contributed by atoms with van der Waals surface area (Å²) in [5.41, 5.74) is -0.226. The highest BCUT2D eigenvalue weighted by atomic mass is 79.9. The maximum absolute atomic E-state index is 13.1. The second kappa shape index (κ2) is 8.84. The maximum Gasteiger partial charge on any atom is 0.325 e. The van der Waals surface area contributed by atoms with Gasteiger partial charge in [0, 0.05) is 10.0 Å². The monoisotopic (exact) mass is 493 g/mol. The predicted molar refractivity (Wildman–Crippen MR) is 123 cm³/mol. The van der Waals surface area contributed by atoms with Crippen molar-refractivity contribution in [2.24, 2.45) is 0 Å². The Balaban J connectivity index is 1.49. The Labute approximate surface area is 193 Å². The molecule has 0 unspecified atom stereocenters. The molecule has 7 nitrogen and oxygen atoms in total. The molecular weight excluding hydrogens is 474 g/mol. The molecule has 1 fully saturated rings. The molecule has 0 saturated carbocycles. The molecule has 32 heavy (non-hydrogen) atoms. The molecule has 1 atom stereocenters. The van der Waals surface area contributed by atoms with Crippen molar-refractivity contribution in [3.05, 3.63) is 88.9 Å². The first kappa shape index (κ1) is 21.6. The molecular formula is C24H20BrN3O4. The molecule has 4 amide bonds. The summed E-state index contributed by atoms with van der Waals surface area (Å²) in [4.78, 5) is 39.3. The van der Waals surface area contributed by atoms with Crippen LogP contribution in [-0.2, 0) is 15.1 Å². The molecule has 1 heterocycles. The van der Waals surface area contributed by atoms with Crippen LogP contribution in [0.4, 0.5) is 10.5 Å². The van der Waals surface area contributed by atoms with Gasteiger partial charge < -0.3 is 15.4 Å². The number of amides is 4. The van der Waals surface area contributed by atoms with Gasteiger partial charge in [-0.3, -0.25) is 14.5 Å². The smallest absolute Gasteiger partial charge is 0.325 e. The lowest BCUT2D eigenvalue weighted by Gasteiger charge is -2.23. The number of imide groups is 1. The Kier molecular flexibility index (Phi) is 5.96. The van der Waals surface area contributed by atoms with Crippen LogP contribution in [0.2, 0.25) is 0 Å². The van der Waals surface area contributed by atoms with Gasteiger partial charge in [-0.25, -0.2) is 4.79 Å². The van der Waals surface area contributed by atoms with E-state index in [0.717, 1.165) is 4.90 Å². The SMILES string of the molecule is C[C@@]1(c2ccccc2Br)NC(=O)N(CC(=O)Nc2ccccc2Oc2ccccc2)C1=O. The minimum atomic E-state index is -1.27. The van der Waals surface area contributed by atoms with E-state index in [9.17, 15) is 14.4 Å². The molecule has 0 aromatic heterocycles. The average molecular weight is 494 g/mol. The number of para-hydroxylation sites is 3. The van der Waals surface area contributed by atoms with Crippen LogP contribution in [0.1, 0.15) is 12.5 Å². The van der Waals surface area contributed by atoms with Crippen molar-refractivity contribution >= 4 is 39.5 Å². The van der Waals surface area contributed by atoms with Gasteiger partial charge in [0.1, 0.15) is 17.8 Å². The third kappa shape index (κ3) is 4.22. The number of ether oxygens (including phenoxy) is 1. The highest BCUT2D eigenvalue weighted by molar-refractivity contribution is 9.10. The largest absolute Gasteiger partial charge is 0.455 e. The van der Waals surface area contributed by atoms with Crippen molar-refractivity contribution < 1.29 is 19.1 Å². The second-order valence-electron chi connectivity index (χ2n) is 7.39. The van der Waals surface area contributed by atoms with Crippen molar-refractivity contribution in [1.82, 2.24) is 10.2 Å². The van der Waals surface area contributed by atoms with Crippen molar-refractivity contribution in [2.45, 2.75) is 12.5 Å². The van der Waals surface area contributed by atoms with Gasteiger partial charge in [-0.2, -0.15) is 0 Å². The first-order valence-electron chi connectivity index (χ1n) is 9.89. The highest BCUT2D eigenvalue weighted by Crippen LogP contribution is 2.34. The maximum atomic E-state index is 13.1. The number of carbonyl (C=O) groups is 3. The minimum absolute atomic E-state index is 0.426. The quantitative estimate of drug-likeness (QED) is 0.489. The van der Waals surface area contributed by atoms with E-state index in [1.807, 2.05) is 24.3 Å². The number of anilines is 1. The number of carbonyl (C=O) groups excluding carboxylic acids is 3.